The molecule has 7 heteroatoms. The van der Waals surface area contributed by atoms with E-state index in [2.05, 4.69) is 0 Å². The summed E-state index contributed by atoms with van der Waals surface area (Å²) in [7, 11) is -5.04. The molecule has 0 aromatic heterocycles. The monoisotopic (exact) mass is 314 g/mol. The van der Waals surface area contributed by atoms with Gasteiger partial charge in [-0.3, -0.25) is 9.05 Å². The fourth-order valence-electron chi connectivity index (χ4n) is 2.88. The van der Waals surface area contributed by atoms with Gasteiger partial charge in [0.25, 0.3) is 0 Å². The Morgan fingerprint density at radius 1 is 0.750 bits per heavy atom. The number of hydrogen-bond donors (Lipinski definition) is 0. The molecular weight excluding hydrogens is 292 g/mol. The van der Waals surface area contributed by atoms with Crippen molar-refractivity contribution in [1.82, 2.24) is 0 Å². The van der Waals surface area contributed by atoms with Gasteiger partial charge in [0.2, 0.25) is 0 Å². The van der Waals surface area contributed by atoms with Gasteiger partial charge in [-0.1, -0.05) is 38.5 Å². The lowest BCUT2D eigenvalue weighted by Crippen LogP contribution is -2.26. The van der Waals surface area contributed by atoms with E-state index >= 15 is 0 Å². The lowest BCUT2D eigenvalue weighted by molar-refractivity contribution is -0.0879. The lowest BCUT2D eigenvalue weighted by Gasteiger charge is -2.31. The van der Waals surface area contributed by atoms with E-state index in [1.807, 2.05) is 0 Å². The smallest absolute Gasteiger partial charge is 0.299 e. The first-order chi connectivity index (χ1) is 9.41. The zero-order valence-corrected chi connectivity index (χ0v) is 12.4. The van der Waals surface area contributed by atoms with Crippen molar-refractivity contribution in [1.29, 1.82) is 0 Å². The molecule has 2 aliphatic rings. The van der Waals surface area contributed by atoms with E-state index in [4.69, 9.17) is 9.05 Å². The first-order valence-electron chi connectivity index (χ1n) is 7.44. The third kappa shape index (κ3) is 4.22. The zero-order valence-electron chi connectivity index (χ0n) is 11.5. The third-order valence-electron chi connectivity index (χ3n) is 3.99. The van der Waals surface area contributed by atoms with Gasteiger partial charge < -0.3 is 0 Å². The molecule has 2 aliphatic carbocycles. The fourth-order valence-corrected chi connectivity index (χ4v) is 4.37. The van der Waals surface area contributed by atoms with Crippen molar-refractivity contribution >= 4 is 7.60 Å². The number of alkyl halides is 3. The van der Waals surface area contributed by atoms with E-state index in [1.54, 1.807) is 0 Å². The van der Waals surface area contributed by atoms with Crippen molar-refractivity contribution in [2.24, 2.45) is 0 Å². The number of halogens is 3. The predicted molar refractivity (Wildman–Crippen MR) is 69.6 cm³/mol. The summed E-state index contributed by atoms with van der Waals surface area (Å²) >= 11 is 0. The fraction of sp³-hybridized carbons (Fsp3) is 1.00. The van der Waals surface area contributed by atoms with Gasteiger partial charge in [0.05, 0.1) is 12.2 Å². The summed E-state index contributed by atoms with van der Waals surface area (Å²) in [4.78, 5) is 0. The van der Waals surface area contributed by atoms with Crippen molar-refractivity contribution in [2.45, 2.75) is 82.3 Å². The Labute approximate surface area is 117 Å². The van der Waals surface area contributed by atoms with E-state index in [0.29, 0.717) is 25.7 Å². The maximum absolute atomic E-state index is 13.1. The van der Waals surface area contributed by atoms with Crippen LogP contribution in [0.25, 0.3) is 0 Å². The molecule has 118 valence electrons. The Morgan fingerprint density at radius 2 is 1.10 bits per heavy atom. The highest BCUT2D eigenvalue weighted by atomic mass is 31.2. The molecule has 0 N–H and O–H groups in total. The van der Waals surface area contributed by atoms with Gasteiger partial charge in [0.15, 0.2) is 0 Å². The van der Waals surface area contributed by atoms with Gasteiger partial charge in [-0.2, -0.15) is 13.2 Å². The van der Waals surface area contributed by atoms with Crippen LogP contribution in [0, 0.1) is 0 Å². The summed E-state index contributed by atoms with van der Waals surface area (Å²) in [5.74, 6) is -4.93. The second-order valence-electron chi connectivity index (χ2n) is 5.70. The van der Waals surface area contributed by atoms with Crippen molar-refractivity contribution in [3.8, 4) is 0 Å². The Balaban J connectivity index is 2.02. The summed E-state index contributed by atoms with van der Waals surface area (Å²) in [6.45, 7) is 0. The van der Waals surface area contributed by atoms with Crippen LogP contribution in [-0.4, -0.2) is 18.1 Å². The summed E-state index contributed by atoms with van der Waals surface area (Å²) in [5.41, 5.74) is 0. The SMILES string of the molecule is O=P(OC1CCCCC1)(OC1CCCCC1)C(F)(F)F. The van der Waals surface area contributed by atoms with Crippen LogP contribution in [0.15, 0.2) is 0 Å². The maximum Gasteiger partial charge on any atom is 0.493 e. The van der Waals surface area contributed by atoms with E-state index in [-0.39, 0.29) is 0 Å². The minimum atomic E-state index is -5.04. The Kier molecular flexibility index (Phi) is 5.55. The van der Waals surface area contributed by atoms with Gasteiger partial charge in [-0.25, -0.2) is 4.57 Å². The minimum absolute atomic E-state index is 0.536. The minimum Gasteiger partial charge on any atom is -0.299 e. The molecule has 0 unspecified atom stereocenters. The largest absolute Gasteiger partial charge is 0.493 e. The molecule has 20 heavy (non-hydrogen) atoms. The summed E-state index contributed by atoms with van der Waals surface area (Å²) in [6.07, 6.45) is 6.28. The molecule has 0 heterocycles. The van der Waals surface area contributed by atoms with Crippen LogP contribution in [0.2, 0.25) is 0 Å². The first-order valence-corrected chi connectivity index (χ1v) is 8.99. The van der Waals surface area contributed by atoms with Crippen LogP contribution in [0.5, 0.6) is 0 Å². The Hall–Kier alpha value is -0.0600. The highest BCUT2D eigenvalue weighted by Crippen LogP contribution is 2.65. The highest BCUT2D eigenvalue weighted by Gasteiger charge is 2.57. The second kappa shape index (κ2) is 6.80. The molecule has 0 aromatic carbocycles. The topological polar surface area (TPSA) is 35.5 Å². The van der Waals surface area contributed by atoms with Crippen molar-refractivity contribution in [3.63, 3.8) is 0 Å². The van der Waals surface area contributed by atoms with Crippen LogP contribution in [0.1, 0.15) is 64.2 Å². The lowest BCUT2D eigenvalue weighted by atomic mass is 9.98. The van der Waals surface area contributed by atoms with Crippen LogP contribution < -0.4 is 0 Å². The molecule has 2 fully saturated rings. The second-order valence-corrected chi connectivity index (χ2v) is 7.62. The van der Waals surface area contributed by atoms with Crippen LogP contribution in [-0.2, 0) is 13.6 Å². The molecule has 0 aliphatic heterocycles. The maximum atomic E-state index is 13.1. The summed E-state index contributed by atoms with van der Waals surface area (Å²) in [5, 5.41) is 0. The number of rotatable bonds is 4. The van der Waals surface area contributed by atoms with E-state index in [1.165, 1.54) is 0 Å². The van der Waals surface area contributed by atoms with Gasteiger partial charge in [0.1, 0.15) is 0 Å². The van der Waals surface area contributed by atoms with Gasteiger partial charge >= 0.3 is 13.5 Å². The molecule has 0 aromatic rings. The van der Waals surface area contributed by atoms with Crippen molar-refractivity contribution in [2.75, 3.05) is 0 Å². The van der Waals surface area contributed by atoms with E-state index < -0.39 is 25.7 Å². The van der Waals surface area contributed by atoms with Gasteiger partial charge in [-0.15, -0.1) is 0 Å². The van der Waals surface area contributed by atoms with Crippen molar-refractivity contribution < 1.29 is 26.8 Å². The van der Waals surface area contributed by atoms with Gasteiger partial charge in [0, 0.05) is 0 Å². The molecule has 0 saturated heterocycles. The molecular formula is C13H22F3O3P. The van der Waals surface area contributed by atoms with Crippen LogP contribution in [0.4, 0.5) is 13.2 Å². The summed E-state index contributed by atoms with van der Waals surface area (Å²) < 4.78 is 61.4. The highest BCUT2D eigenvalue weighted by molar-refractivity contribution is 7.54. The molecule has 0 atom stereocenters. The molecule has 0 spiro atoms. The standard InChI is InChI=1S/C13H22F3O3P/c14-13(15,16)20(17,18-11-7-3-1-4-8-11)19-12-9-5-2-6-10-12/h11-12H,1-10H2. The molecule has 0 amide bonds. The number of hydrogen-bond acceptors (Lipinski definition) is 3. The Bertz CT molecular complexity index is 323. The third-order valence-corrected chi connectivity index (χ3v) is 5.76. The molecule has 3 nitrogen and oxygen atoms in total. The quantitative estimate of drug-likeness (QED) is 0.652. The van der Waals surface area contributed by atoms with Crippen LogP contribution >= 0.6 is 7.60 Å². The normalized spacial score (nSPS) is 23.9. The van der Waals surface area contributed by atoms with E-state index in [0.717, 1.165) is 38.5 Å². The Morgan fingerprint density at radius 3 is 1.40 bits per heavy atom. The average molecular weight is 314 g/mol. The van der Waals surface area contributed by atoms with Gasteiger partial charge in [-0.05, 0) is 25.7 Å². The van der Waals surface area contributed by atoms with E-state index in [9.17, 15) is 17.7 Å². The zero-order chi connectivity index (χ0) is 14.6. The molecule has 2 rings (SSSR count). The molecule has 2 saturated carbocycles. The summed E-state index contributed by atoms with van der Waals surface area (Å²) in [6, 6.07) is 0. The molecule has 0 bridgehead atoms. The predicted octanol–water partition coefficient (Wildman–Crippen LogP) is 5.40. The van der Waals surface area contributed by atoms with Crippen LogP contribution in [0.3, 0.4) is 0 Å². The average Bonchev–Trinajstić information content (AvgIpc) is 2.39. The molecule has 0 radical (unpaired) electrons. The first kappa shape index (κ1) is 16.3. The van der Waals surface area contributed by atoms with Crippen molar-refractivity contribution in [3.05, 3.63) is 0 Å².